The summed E-state index contributed by atoms with van der Waals surface area (Å²) in [5.41, 5.74) is 2.32. The van der Waals surface area contributed by atoms with E-state index in [-0.39, 0.29) is 11.2 Å². The molecule has 0 aliphatic carbocycles. The molecular weight excluding hydrogens is 200 g/mol. The van der Waals surface area contributed by atoms with Crippen molar-refractivity contribution in [2.75, 3.05) is 0 Å². The summed E-state index contributed by atoms with van der Waals surface area (Å²) in [4.78, 5) is 12.1. The molecule has 1 N–H and O–H groups in total. The Morgan fingerprint density at radius 2 is 1.75 bits per heavy atom. The fourth-order valence-corrected chi connectivity index (χ4v) is 1.86. The Hall–Kier alpha value is -1.83. The van der Waals surface area contributed by atoms with E-state index in [2.05, 4.69) is 0 Å². The van der Waals surface area contributed by atoms with Gasteiger partial charge >= 0.3 is 0 Å². The molecule has 0 saturated heterocycles. The molecule has 0 heterocycles. The van der Waals surface area contributed by atoms with Gasteiger partial charge in [-0.05, 0) is 42.8 Å². The predicted octanol–water partition coefficient (Wildman–Crippen LogP) is 2.83. The Kier molecular flexibility index (Phi) is 2.43. The Labute approximate surface area is 94.2 Å². The van der Waals surface area contributed by atoms with Gasteiger partial charge in [0.05, 0.1) is 5.39 Å². The smallest absolute Gasteiger partial charge is 0.193 e. The molecule has 0 spiro atoms. The molecule has 2 nitrogen and oxygen atoms in total. The van der Waals surface area contributed by atoms with Crippen LogP contribution in [0.2, 0.25) is 0 Å². The molecule has 2 rings (SSSR count). The number of phenolic OH excluding ortho intramolecular Hbond substituents is 1. The first-order valence-electron chi connectivity index (χ1n) is 5.25. The summed E-state index contributed by atoms with van der Waals surface area (Å²) < 4.78 is 0. The second kappa shape index (κ2) is 3.63. The zero-order valence-corrected chi connectivity index (χ0v) is 9.66. The van der Waals surface area contributed by atoms with Crippen molar-refractivity contribution in [3.05, 3.63) is 51.2 Å². The summed E-state index contributed by atoms with van der Waals surface area (Å²) in [5.74, 6) is 0.110. The third kappa shape index (κ3) is 1.47. The van der Waals surface area contributed by atoms with E-state index in [9.17, 15) is 9.90 Å². The summed E-state index contributed by atoms with van der Waals surface area (Å²) in [6.07, 6.45) is 0. The summed E-state index contributed by atoms with van der Waals surface area (Å²) in [6, 6.07) is 7.40. The number of rotatable bonds is 0. The molecule has 82 valence electrons. The van der Waals surface area contributed by atoms with Crippen molar-refractivity contribution in [2.24, 2.45) is 0 Å². The first-order valence-corrected chi connectivity index (χ1v) is 5.25. The van der Waals surface area contributed by atoms with Crippen LogP contribution in [0.4, 0.5) is 0 Å². The number of hydrogen-bond acceptors (Lipinski definition) is 2. The van der Waals surface area contributed by atoms with Gasteiger partial charge in [-0.3, -0.25) is 4.79 Å². The zero-order chi connectivity index (χ0) is 11.9. The van der Waals surface area contributed by atoms with E-state index in [1.165, 1.54) is 0 Å². The molecule has 2 aromatic carbocycles. The van der Waals surface area contributed by atoms with Gasteiger partial charge in [0.1, 0.15) is 5.75 Å². The van der Waals surface area contributed by atoms with Gasteiger partial charge in [-0.1, -0.05) is 24.3 Å². The lowest BCUT2D eigenvalue weighted by atomic mass is 10.0. The highest BCUT2D eigenvalue weighted by Gasteiger charge is 2.09. The SMILES string of the molecule is Cc1cc2cccc(C)c(=O)c2c(O)c1C. The molecule has 0 atom stereocenters. The van der Waals surface area contributed by atoms with Crippen LogP contribution in [0, 0.1) is 20.8 Å². The largest absolute Gasteiger partial charge is 0.507 e. The highest BCUT2D eigenvalue weighted by molar-refractivity contribution is 5.89. The first-order chi connectivity index (χ1) is 7.52. The number of phenols is 1. The van der Waals surface area contributed by atoms with Gasteiger partial charge in [0, 0.05) is 0 Å². The number of fused-ring (bicyclic) bond motifs is 1. The minimum Gasteiger partial charge on any atom is -0.507 e. The maximum Gasteiger partial charge on any atom is 0.193 e. The van der Waals surface area contributed by atoms with Crippen LogP contribution in [0.3, 0.4) is 0 Å². The second-order valence-corrected chi connectivity index (χ2v) is 4.17. The van der Waals surface area contributed by atoms with Gasteiger partial charge in [-0.25, -0.2) is 0 Å². The Morgan fingerprint density at radius 3 is 2.44 bits per heavy atom. The normalized spacial score (nSPS) is 10.7. The standard InChI is InChI=1S/C14H14O2/c1-8-5-4-6-11-7-9(2)10(3)14(16)12(11)13(8)15/h4-7,16H,1-3H3. The van der Waals surface area contributed by atoms with Gasteiger partial charge in [-0.2, -0.15) is 0 Å². The second-order valence-electron chi connectivity index (χ2n) is 4.17. The highest BCUT2D eigenvalue weighted by Crippen LogP contribution is 2.28. The van der Waals surface area contributed by atoms with Gasteiger partial charge in [0.15, 0.2) is 5.43 Å². The van der Waals surface area contributed by atoms with Crippen LogP contribution < -0.4 is 5.43 Å². The number of hydrogen-bond donors (Lipinski definition) is 1. The summed E-state index contributed by atoms with van der Waals surface area (Å²) in [7, 11) is 0. The maximum absolute atomic E-state index is 12.1. The van der Waals surface area contributed by atoms with Gasteiger partial charge < -0.3 is 5.11 Å². The van der Waals surface area contributed by atoms with Gasteiger partial charge in [-0.15, -0.1) is 0 Å². The molecular formula is C14H14O2. The maximum atomic E-state index is 12.1. The zero-order valence-electron chi connectivity index (χ0n) is 9.66. The monoisotopic (exact) mass is 214 g/mol. The number of benzene rings is 1. The molecule has 0 radical (unpaired) electrons. The van der Waals surface area contributed by atoms with Crippen molar-refractivity contribution in [3.63, 3.8) is 0 Å². The minimum absolute atomic E-state index is 0.0967. The Morgan fingerprint density at radius 1 is 1.06 bits per heavy atom. The minimum atomic E-state index is -0.0967. The van der Waals surface area contributed by atoms with Crippen LogP contribution in [0.1, 0.15) is 16.7 Å². The van der Waals surface area contributed by atoms with E-state index in [1.54, 1.807) is 13.0 Å². The fraction of sp³-hybridized carbons (Fsp3) is 0.214. The van der Waals surface area contributed by atoms with Crippen molar-refractivity contribution >= 4 is 10.8 Å². The van der Waals surface area contributed by atoms with Crippen LogP contribution in [-0.4, -0.2) is 5.11 Å². The van der Waals surface area contributed by atoms with Crippen molar-refractivity contribution < 1.29 is 5.11 Å². The Bertz CT molecular complexity index is 628. The van der Waals surface area contributed by atoms with Crippen LogP contribution in [0.5, 0.6) is 5.75 Å². The highest BCUT2D eigenvalue weighted by atomic mass is 16.3. The van der Waals surface area contributed by atoms with E-state index in [1.807, 2.05) is 32.0 Å². The lowest BCUT2D eigenvalue weighted by Gasteiger charge is -2.05. The van der Waals surface area contributed by atoms with Crippen molar-refractivity contribution in [1.82, 2.24) is 0 Å². The fourth-order valence-electron chi connectivity index (χ4n) is 1.86. The van der Waals surface area contributed by atoms with Crippen LogP contribution in [0.15, 0.2) is 29.1 Å². The summed E-state index contributed by atoms with van der Waals surface area (Å²) in [6.45, 7) is 5.51. The molecule has 0 aromatic heterocycles. The topological polar surface area (TPSA) is 37.3 Å². The number of aryl methyl sites for hydroxylation is 2. The third-order valence-electron chi connectivity index (χ3n) is 3.05. The van der Waals surface area contributed by atoms with E-state index >= 15 is 0 Å². The van der Waals surface area contributed by atoms with Crippen LogP contribution in [0.25, 0.3) is 10.8 Å². The van der Waals surface area contributed by atoms with Gasteiger partial charge in [0.2, 0.25) is 0 Å². The molecule has 0 unspecified atom stereocenters. The lowest BCUT2D eigenvalue weighted by molar-refractivity contribution is 0.477. The van der Waals surface area contributed by atoms with Crippen molar-refractivity contribution in [3.8, 4) is 5.75 Å². The predicted molar refractivity (Wildman–Crippen MR) is 66.1 cm³/mol. The quantitative estimate of drug-likeness (QED) is 0.732. The average Bonchev–Trinajstić information content (AvgIpc) is 2.37. The molecule has 0 aliphatic rings. The van der Waals surface area contributed by atoms with E-state index in [4.69, 9.17) is 0 Å². The van der Waals surface area contributed by atoms with Gasteiger partial charge in [0.25, 0.3) is 0 Å². The molecule has 2 aromatic rings. The first kappa shape index (κ1) is 10.7. The Balaban J connectivity index is 3.14. The third-order valence-corrected chi connectivity index (χ3v) is 3.05. The molecule has 0 bridgehead atoms. The van der Waals surface area contributed by atoms with E-state index < -0.39 is 0 Å². The van der Waals surface area contributed by atoms with Crippen molar-refractivity contribution in [2.45, 2.75) is 20.8 Å². The molecule has 0 saturated carbocycles. The molecule has 0 amide bonds. The summed E-state index contributed by atoms with van der Waals surface area (Å²) >= 11 is 0. The molecule has 0 aliphatic heterocycles. The van der Waals surface area contributed by atoms with Crippen LogP contribution in [-0.2, 0) is 0 Å². The molecule has 16 heavy (non-hydrogen) atoms. The summed E-state index contributed by atoms with van der Waals surface area (Å²) in [5, 5.41) is 11.3. The molecule has 0 fully saturated rings. The lowest BCUT2D eigenvalue weighted by Crippen LogP contribution is -2.02. The van der Waals surface area contributed by atoms with Crippen molar-refractivity contribution in [1.29, 1.82) is 0 Å². The average molecular weight is 214 g/mol. The molecule has 2 heteroatoms. The van der Waals surface area contributed by atoms with Crippen LogP contribution >= 0.6 is 0 Å². The van der Waals surface area contributed by atoms with E-state index in [0.717, 1.165) is 16.5 Å². The number of aromatic hydroxyl groups is 1. The van der Waals surface area contributed by atoms with E-state index in [0.29, 0.717) is 10.9 Å².